The van der Waals surface area contributed by atoms with E-state index in [1.54, 1.807) is 48.5 Å². The molecule has 9 aromatic rings. The van der Waals surface area contributed by atoms with Crippen LogP contribution in [0.4, 0.5) is 5.69 Å². The third-order valence-corrected chi connectivity index (χ3v) is 17.1. The maximum absolute atomic E-state index is 14.4. The number of rotatable bonds is 26. The van der Waals surface area contributed by atoms with Gasteiger partial charge in [-0.05, 0) is 134 Å². The number of hydrogen-bond acceptors (Lipinski definition) is 7. The van der Waals surface area contributed by atoms with E-state index in [4.69, 9.17) is 0 Å². The van der Waals surface area contributed by atoms with Crippen LogP contribution in [0, 0.1) is 5.92 Å². The Morgan fingerprint density at radius 3 is 1.27 bits per heavy atom. The van der Waals surface area contributed by atoms with Crippen molar-refractivity contribution in [1.82, 2.24) is 15.2 Å². The number of unbranched alkanes of at least 4 members (excludes halogenated alkanes) is 12. The van der Waals surface area contributed by atoms with Crippen LogP contribution in [-0.2, 0) is 11.3 Å². The summed E-state index contributed by atoms with van der Waals surface area (Å²) in [5.41, 5.74) is 8.48. The average Bonchev–Trinajstić information content (AvgIpc) is 0.742. The minimum atomic E-state index is -0.373. The van der Waals surface area contributed by atoms with Crippen molar-refractivity contribution in [3.05, 3.63) is 208 Å². The number of aromatic nitrogens is 1. The van der Waals surface area contributed by atoms with Gasteiger partial charge in [0, 0.05) is 64.1 Å². The normalized spacial score (nSPS) is 13.5. The number of phenols is 1. The van der Waals surface area contributed by atoms with Gasteiger partial charge in [-0.25, -0.2) is 4.90 Å². The maximum Gasteiger partial charge on any atom is 0.265 e. The van der Waals surface area contributed by atoms with Gasteiger partial charge in [-0.2, -0.15) is 0 Å². The molecule has 2 N–H and O–H groups in total. The van der Waals surface area contributed by atoms with E-state index in [0.717, 1.165) is 85.8 Å². The van der Waals surface area contributed by atoms with Crippen LogP contribution in [0.25, 0.3) is 67.4 Å². The monoisotopic (exact) mass is 1140 g/mol. The number of phenolic OH excluding ortho intramolecular Hbond substituents is 1. The summed E-state index contributed by atoms with van der Waals surface area (Å²) >= 11 is 0. The van der Waals surface area contributed by atoms with E-state index in [-0.39, 0.29) is 41.2 Å². The number of aromatic hydroxyl groups is 1. The van der Waals surface area contributed by atoms with Crippen LogP contribution in [0.15, 0.2) is 158 Å². The van der Waals surface area contributed by atoms with E-state index in [1.807, 2.05) is 97.1 Å². The van der Waals surface area contributed by atoms with E-state index in [1.165, 1.54) is 81.9 Å². The zero-order valence-electron chi connectivity index (χ0n) is 50.0. The number of nitrogens with one attached hydrogen (secondary N) is 1. The van der Waals surface area contributed by atoms with Crippen LogP contribution in [0.3, 0.4) is 0 Å². The van der Waals surface area contributed by atoms with Crippen molar-refractivity contribution in [3.63, 3.8) is 0 Å². The summed E-state index contributed by atoms with van der Waals surface area (Å²) in [6.07, 6.45) is 30.9. The van der Waals surface area contributed by atoms with E-state index in [0.29, 0.717) is 57.4 Å². The molecule has 2 aliphatic heterocycles. The summed E-state index contributed by atoms with van der Waals surface area (Å²) in [5.74, 6) is -0.733. The summed E-state index contributed by atoms with van der Waals surface area (Å²) in [6.45, 7) is 10.8. The molecule has 0 saturated heterocycles. The Morgan fingerprint density at radius 2 is 0.860 bits per heavy atom. The van der Waals surface area contributed by atoms with Crippen LogP contribution < -0.4 is 10.2 Å². The molecular weight excluding hydrogens is 1060 g/mol. The fourth-order valence-electron chi connectivity index (χ4n) is 12.3. The second-order valence-corrected chi connectivity index (χ2v) is 23.3. The predicted molar refractivity (Wildman–Crippen MR) is 353 cm³/mol. The molecule has 3 heterocycles. The highest BCUT2D eigenvalue weighted by Crippen LogP contribution is 2.47. The molecule has 438 valence electrons. The number of pyridine rings is 1. The van der Waals surface area contributed by atoms with Crippen LogP contribution in [0.2, 0.25) is 0 Å². The van der Waals surface area contributed by atoms with Crippen LogP contribution >= 0.6 is 0 Å². The van der Waals surface area contributed by atoms with Crippen molar-refractivity contribution in [3.8, 4) is 5.75 Å². The van der Waals surface area contributed by atoms with Crippen molar-refractivity contribution in [2.24, 2.45) is 5.92 Å². The summed E-state index contributed by atoms with van der Waals surface area (Å²) in [7, 11) is 0. The van der Waals surface area contributed by atoms with Crippen LogP contribution in [0.1, 0.15) is 193 Å². The lowest BCUT2D eigenvalue weighted by atomic mass is 9.82. The molecule has 0 saturated carbocycles. The standard InChI is InChI=1S/C49H53N3O4.C27H25NO2/c1-3-5-7-9-11-12-14-16-18-32(17-15-13-10-8-6-4-2)31-51-46(53)38-23-19-34-36-21-25-40-45-41(49(56)52(48(40)55)33-27-29-50-30-28-33)26-22-37(43(36)45)35-20-24-39(47(51)54)44(38)42(34)35;1-20(2)27(30)28-19-25-13-11-23(12-14-25)8-7-21-3-5-22(6-4-21)9-10-24-15-17-26(29)18-16-24/h19-30,32H,3-18,31H2,1-2H3;3-18,29H,1,19H2,2H3,(H,28,30)/b;8-7+,10-9+. The zero-order chi connectivity index (χ0) is 60.1. The third-order valence-electron chi connectivity index (χ3n) is 17.1. The number of fused-ring (bicyclic) bond motifs is 2. The lowest BCUT2D eigenvalue weighted by Crippen LogP contribution is -2.43. The Bertz CT molecular complexity index is 3860. The molecule has 8 aromatic carbocycles. The van der Waals surface area contributed by atoms with Crippen LogP contribution in [-0.4, -0.2) is 51.1 Å². The molecule has 0 radical (unpaired) electrons. The van der Waals surface area contributed by atoms with Crippen molar-refractivity contribution in [2.45, 2.75) is 130 Å². The second-order valence-electron chi connectivity index (χ2n) is 23.3. The average molecular weight is 1140 g/mol. The van der Waals surface area contributed by atoms with Gasteiger partial charge in [-0.1, -0.05) is 220 Å². The number of nitrogens with zero attached hydrogens (tertiary/aromatic N) is 3. The Morgan fingerprint density at radius 1 is 0.488 bits per heavy atom. The van der Waals surface area contributed by atoms with E-state index in [2.05, 4.69) is 67.1 Å². The lowest BCUT2D eigenvalue weighted by molar-refractivity contribution is -0.117. The van der Waals surface area contributed by atoms with Gasteiger partial charge in [0.05, 0.1) is 5.69 Å². The number of imide groups is 2. The first-order valence-corrected chi connectivity index (χ1v) is 31.1. The molecule has 5 amide bonds. The first kappa shape index (κ1) is 60.1. The van der Waals surface area contributed by atoms with Crippen molar-refractivity contribution >= 4 is 103 Å². The topological polar surface area (TPSA) is 137 Å². The summed E-state index contributed by atoms with van der Waals surface area (Å²) in [5, 5.41) is 18.8. The molecular formula is C76H78N4O6. The van der Waals surface area contributed by atoms with Gasteiger partial charge >= 0.3 is 0 Å². The SMILES string of the molecule is C=C(C)C(=O)NCc1ccc(/C=C/c2ccc(/C=C/c3ccc(O)cc3)cc2)cc1.CCCCCCCCCCC(CCCCCCCC)CN1C(=O)c2ccc3c4ccc5c6c(ccc(c7ccc(c2c37)C1=O)c64)C(=O)N(c1ccncc1)C5=O. The van der Waals surface area contributed by atoms with Crippen LogP contribution in [0.5, 0.6) is 5.75 Å². The van der Waals surface area contributed by atoms with Crippen molar-refractivity contribution < 1.29 is 29.1 Å². The smallest absolute Gasteiger partial charge is 0.265 e. The number of hydrogen-bond donors (Lipinski definition) is 2. The van der Waals surface area contributed by atoms with Gasteiger partial charge in [0.2, 0.25) is 5.91 Å². The van der Waals surface area contributed by atoms with Gasteiger partial charge < -0.3 is 10.4 Å². The molecule has 1 unspecified atom stereocenters. The maximum atomic E-state index is 14.4. The Kier molecular flexibility index (Phi) is 19.7. The van der Waals surface area contributed by atoms with Gasteiger partial charge in [-0.3, -0.25) is 33.9 Å². The third kappa shape index (κ3) is 13.6. The Hall–Kier alpha value is -9.02. The Labute approximate surface area is 505 Å². The van der Waals surface area contributed by atoms with Crippen molar-refractivity contribution in [1.29, 1.82) is 0 Å². The number of benzene rings is 8. The molecule has 0 fully saturated rings. The Balaban J connectivity index is 0.000000231. The number of anilines is 1. The minimum Gasteiger partial charge on any atom is -0.508 e. The highest BCUT2D eigenvalue weighted by Gasteiger charge is 2.38. The molecule has 11 rings (SSSR count). The summed E-state index contributed by atoms with van der Waals surface area (Å²) < 4.78 is 0. The first-order valence-electron chi connectivity index (χ1n) is 31.1. The second kappa shape index (κ2) is 28.2. The lowest BCUT2D eigenvalue weighted by Gasteiger charge is -2.32. The molecule has 0 aliphatic carbocycles. The molecule has 2 aliphatic rings. The number of amides is 5. The molecule has 10 heteroatoms. The quantitative estimate of drug-likeness (QED) is 0.0138. The number of carbonyl (C=O) groups excluding carboxylic acids is 5. The van der Waals surface area contributed by atoms with E-state index >= 15 is 0 Å². The highest BCUT2D eigenvalue weighted by molar-refractivity contribution is 6.43. The molecule has 86 heavy (non-hydrogen) atoms. The van der Waals surface area contributed by atoms with E-state index in [9.17, 15) is 29.1 Å². The molecule has 0 bridgehead atoms. The largest absolute Gasteiger partial charge is 0.508 e. The molecule has 10 nitrogen and oxygen atoms in total. The fourth-order valence-corrected chi connectivity index (χ4v) is 12.3. The predicted octanol–water partition coefficient (Wildman–Crippen LogP) is 18.4. The molecule has 1 atom stereocenters. The van der Waals surface area contributed by atoms with Gasteiger partial charge in [0.25, 0.3) is 23.6 Å². The fraction of sp³-hybridized carbons (Fsp3) is 0.289. The van der Waals surface area contributed by atoms with Gasteiger partial charge in [0.15, 0.2) is 0 Å². The minimum absolute atomic E-state index is 0.125. The zero-order valence-corrected chi connectivity index (χ0v) is 50.0. The van der Waals surface area contributed by atoms with Crippen molar-refractivity contribution in [2.75, 3.05) is 11.4 Å². The number of carbonyl (C=O) groups is 5. The summed E-state index contributed by atoms with van der Waals surface area (Å²) in [4.78, 5) is 75.1. The van der Waals surface area contributed by atoms with E-state index < -0.39 is 0 Å². The van der Waals surface area contributed by atoms with Gasteiger partial charge in [0.1, 0.15) is 5.75 Å². The summed E-state index contributed by atoms with van der Waals surface area (Å²) in [6, 6.07) is 42.1. The first-order chi connectivity index (χ1) is 41.9. The molecule has 1 aromatic heterocycles. The molecule has 0 spiro atoms. The highest BCUT2D eigenvalue weighted by atomic mass is 16.3. The van der Waals surface area contributed by atoms with Gasteiger partial charge in [-0.15, -0.1) is 0 Å².